The van der Waals surface area contributed by atoms with Gasteiger partial charge in [-0.1, -0.05) is 65.9 Å². The number of aromatic nitrogens is 4. The molecule has 0 unspecified atom stereocenters. The van der Waals surface area contributed by atoms with Crippen LogP contribution in [0.4, 0.5) is 0 Å². The Bertz CT molecular complexity index is 1420. The molecule has 0 saturated carbocycles. The van der Waals surface area contributed by atoms with Crippen LogP contribution in [0.15, 0.2) is 83.7 Å². The lowest BCUT2D eigenvalue weighted by molar-refractivity contribution is 0.0967. The second-order valence-electron chi connectivity index (χ2n) is 6.78. The summed E-state index contributed by atoms with van der Waals surface area (Å²) in [6.45, 7) is -0.182. The summed E-state index contributed by atoms with van der Waals surface area (Å²) in [5, 5.41) is 9.29. The Labute approximate surface area is 165 Å². The molecule has 0 aliphatic carbocycles. The number of hydrogen-bond acceptors (Lipinski definition) is 4. The van der Waals surface area contributed by atoms with Crippen molar-refractivity contribution in [1.82, 2.24) is 20.0 Å². The van der Waals surface area contributed by atoms with E-state index in [9.17, 15) is 9.59 Å². The quantitative estimate of drug-likeness (QED) is 0.481. The second-order valence-corrected chi connectivity index (χ2v) is 6.78. The number of nitrogens with zero attached hydrogens (tertiary/aromatic N) is 3. The number of H-pyrrole nitrogens is 1. The van der Waals surface area contributed by atoms with Crippen LogP contribution in [0.3, 0.4) is 0 Å². The van der Waals surface area contributed by atoms with Crippen LogP contribution >= 0.6 is 0 Å². The van der Waals surface area contributed by atoms with Gasteiger partial charge < -0.3 is 4.98 Å². The maximum atomic E-state index is 13.3. The summed E-state index contributed by atoms with van der Waals surface area (Å²) in [6.07, 6.45) is 0. The summed E-state index contributed by atoms with van der Waals surface area (Å²) in [6, 6.07) is 24.3. The largest absolute Gasteiger partial charge is 0.354 e. The van der Waals surface area contributed by atoms with E-state index in [1.807, 2.05) is 54.6 Å². The third-order valence-electron chi connectivity index (χ3n) is 4.97. The van der Waals surface area contributed by atoms with Crippen LogP contribution in [0, 0.1) is 0 Å². The van der Waals surface area contributed by atoms with Crippen LogP contribution in [0.2, 0.25) is 0 Å². The number of carbonyl (C=O) groups is 1. The van der Waals surface area contributed by atoms with Gasteiger partial charge in [0, 0.05) is 10.9 Å². The summed E-state index contributed by atoms with van der Waals surface area (Å²) in [5.74, 6) is -0.201. The van der Waals surface area contributed by atoms with Gasteiger partial charge >= 0.3 is 0 Å². The fourth-order valence-corrected chi connectivity index (χ4v) is 3.59. The molecule has 2 aromatic heterocycles. The normalized spacial score (nSPS) is 11.2. The van der Waals surface area contributed by atoms with E-state index in [1.165, 1.54) is 0 Å². The summed E-state index contributed by atoms with van der Waals surface area (Å²) in [7, 11) is 0. The van der Waals surface area contributed by atoms with E-state index in [0.717, 1.165) is 26.8 Å². The highest BCUT2D eigenvalue weighted by Crippen LogP contribution is 2.30. The van der Waals surface area contributed by atoms with Gasteiger partial charge in [0.15, 0.2) is 5.78 Å². The number of fused-ring (bicyclic) bond motifs is 2. The molecule has 5 rings (SSSR count). The molecule has 0 saturated heterocycles. The second kappa shape index (κ2) is 6.83. The van der Waals surface area contributed by atoms with E-state index in [1.54, 1.807) is 24.3 Å². The predicted octanol–water partition coefficient (Wildman–Crippen LogP) is 3.82. The Kier molecular flexibility index (Phi) is 4.02. The van der Waals surface area contributed by atoms with E-state index >= 15 is 0 Å². The van der Waals surface area contributed by atoms with Gasteiger partial charge in [0.25, 0.3) is 5.56 Å². The molecular formula is C23H16N4O2. The number of Topliss-reactive ketones (excluding diaryl/α,β-unsaturated/α-hetero) is 1. The average Bonchev–Trinajstić information content (AvgIpc) is 3.16. The maximum absolute atomic E-state index is 13.3. The molecule has 0 aliphatic heterocycles. The zero-order valence-electron chi connectivity index (χ0n) is 15.4. The van der Waals surface area contributed by atoms with Gasteiger partial charge in [0.1, 0.15) is 12.1 Å². The van der Waals surface area contributed by atoms with Gasteiger partial charge in [-0.15, -0.1) is 5.10 Å². The minimum absolute atomic E-state index is 0.182. The lowest BCUT2D eigenvalue weighted by Gasteiger charge is -2.07. The molecule has 1 N–H and O–H groups in total. The van der Waals surface area contributed by atoms with E-state index in [-0.39, 0.29) is 17.9 Å². The van der Waals surface area contributed by atoms with Crippen LogP contribution in [0.5, 0.6) is 0 Å². The number of aromatic amines is 1. The smallest absolute Gasteiger partial charge is 0.278 e. The van der Waals surface area contributed by atoms with Crippen molar-refractivity contribution >= 4 is 27.6 Å². The number of ketones is 1. The fourth-order valence-electron chi connectivity index (χ4n) is 3.59. The van der Waals surface area contributed by atoms with Crippen molar-refractivity contribution in [3.8, 4) is 11.3 Å². The zero-order valence-corrected chi connectivity index (χ0v) is 15.4. The van der Waals surface area contributed by atoms with Crippen LogP contribution in [0.25, 0.3) is 33.1 Å². The Balaban J connectivity index is 1.64. The predicted molar refractivity (Wildman–Crippen MR) is 112 cm³/mol. The molecule has 140 valence electrons. The SMILES string of the molecule is O=C(Cn1nnc2ccccc2c1=O)c1c(-c2ccccc2)[nH]c2ccccc12. The summed E-state index contributed by atoms with van der Waals surface area (Å²) < 4.78 is 1.13. The van der Waals surface area contributed by atoms with Gasteiger partial charge in [-0.05, 0) is 23.8 Å². The summed E-state index contributed by atoms with van der Waals surface area (Å²) in [4.78, 5) is 29.4. The molecule has 0 atom stereocenters. The highest BCUT2D eigenvalue weighted by atomic mass is 16.1. The van der Waals surface area contributed by atoms with Gasteiger partial charge in [-0.25, -0.2) is 4.68 Å². The van der Waals surface area contributed by atoms with Crippen LogP contribution in [-0.2, 0) is 6.54 Å². The fraction of sp³-hybridized carbons (Fsp3) is 0.0435. The van der Waals surface area contributed by atoms with E-state index in [0.29, 0.717) is 16.5 Å². The third-order valence-corrected chi connectivity index (χ3v) is 4.97. The standard InChI is InChI=1S/C23H16N4O2/c28-20(14-27-23(29)17-11-5-7-13-19(17)25-26-27)21-16-10-4-6-12-18(16)24-22(21)15-8-2-1-3-9-15/h1-13,24H,14H2. The molecule has 3 aromatic carbocycles. The molecule has 5 aromatic rings. The van der Waals surface area contributed by atoms with E-state index in [4.69, 9.17) is 0 Å². The third kappa shape index (κ3) is 2.91. The first kappa shape index (κ1) is 17.1. The van der Waals surface area contributed by atoms with Gasteiger partial charge in [0.2, 0.25) is 0 Å². The average molecular weight is 380 g/mol. The van der Waals surface area contributed by atoms with Crippen molar-refractivity contribution in [3.63, 3.8) is 0 Å². The van der Waals surface area contributed by atoms with Gasteiger partial charge in [-0.2, -0.15) is 0 Å². The Morgan fingerprint density at radius 3 is 2.38 bits per heavy atom. The van der Waals surface area contributed by atoms with E-state index < -0.39 is 0 Å². The van der Waals surface area contributed by atoms with Crippen LogP contribution in [-0.4, -0.2) is 25.8 Å². The first-order valence-electron chi connectivity index (χ1n) is 9.24. The van der Waals surface area contributed by atoms with Gasteiger partial charge in [0.05, 0.1) is 16.6 Å². The number of rotatable bonds is 4. The molecule has 6 heteroatoms. The van der Waals surface area contributed by atoms with Crippen molar-refractivity contribution in [3.05, 3.63) is 94.8 Å². The number of carbonyl (C=O) groups excluding carboxylic acids is 1. The summed E-state index contributed by atoms with van der Waals surface area (Å²) in [5.41, 5.74) is 3.24. The van der Waals surface area contributed by atoms with Crippen LogP contribution < -0.4 is 5.56 Å². The van der Waals surface area contributed by atoms with Gasteiger partial charge in [-0.3, -0.25) is 9.59 Å². The Morgan fingerprint density at radius 2 is 1.55 bits per heavy atom. The van der Waals surface area contributed by atoms with Crippen molar-refractivity contribution in [2.24, 2.45) is 0 Å². The monoisotopic (exact) mass is 380 g/mol. The molecule has 0 fully saturated rings. The topological polar surface area (TPSA) is 80.6 Å². The molecule has 0 spiro atoms. The molecule has 0 bridgehead atoms. The first-order valence-corrected chi connectivity index (χ1v) is 9.24. The summed E-state index contributed by atoms with van der Waals surface area (Å²) >= 11 is 0. The van der Waals surface area contributed by atoms with E-state index in [2.05, 4.69) is 15.3 Å². The number of para-hydroxylation sites is 1. The van der Waals surface area contributed by atoms with Crippen molar-refractivity contribution < 1.29 is 4.79 Å². The highest BCUT2D eigenvalue weighted by molar-refractivity contribution is 6.13. The maximum Gasteiger partial charge on any atom is 0.278 e. The first-order chi connectivity index (χ1) is 14.2. The molecule has 6 nitrogen and oxygen atoms in total. The lowest BCUT2D eigenvalue weighted by atomic mass is 10.0. The molecule has 0 radical (unpaired) electrons. The van der Waals surface area contributed by atoms with Crippen LogP contribution in [0.1, 0.15) is 10.4 Å². The molecule has 0 aliphatic rings. The Morgan fingerprint density at radius 1 is 0.862 bits per heavy atom. The molecular weight excluding hydrogens is 364 g/mol. The highest BCUT2D eigenvalue weighted by Gasteiger charge is 2.21. The molecule has 2 heterocycles. The Hall–Kier alpha value is -4.06. The van der Waals surface area contributed by atoms with Crippen molar-refractivity contribution in [2.45, 2.75) is 6.54 Å². The minimum atomic E-state index is -0.329. The lowest BCUT2D eigenvalue weighted by Crippen LogP contribution is -2.28. The van der Waals surface area contributed by atoms with Crippen molar-refractivity contribution in [2.75, 3.05) is 0 Å². The molecule has 0 amide bonds. The number of benzene rings is 3. The number of hydrogen-bond donors (Lipinski definition) is 1. The zero-order chi connectivity index (χ0) is 19.8. The molecule has 29 heavy (non-hydrogen) atoms. The number of nitrogens with one attached hydrogen (secondary N) is 1. The minimum Gasteiger partial charge on any atom is -0.354 e. The van der Waals surface area contributed by atoms with Crippen molar-refractivity contribution in [1.29, 1.82) is 0 Å².